The number of carbonyl (C=O) groups is 2. The average Bonchev–Trinajstić information content (AvgIpc) is 2.77. The molecular formula is C20H23N3O7. The van der Waals surface area contributed by atoms with Crippen LogP contribution in [0.25, 0.3) is 0 Å². The van der Waals surface area contributed by atoms with E-state index in [4.69, 9.17) is 23.7 Å². The van der Waals surface area contributed by atoms with Crippen LogP contribution in [0.15, 0.2) is 35.4 Å². The van der Waals surface area contributed by atoms with Gasteiger partial charge in [0.05, 0.1) is 47.5 Å². The van der Waals surface area contributed by atoms with Gasteiger partial charge in [0, 0.05) is 11.6 Å². The lowest BCUT2D eigenvalue weighted by atomic mass is 10.2. The summed E-state index contributed by atoms with van der Waals surface area (Å²) in [6.07, 6.45) is 1.34. The largest absolute Gasteiger partial charge is 0.497 e. The minimum atomic E-state index is -0.969. The van der Waals surface area contributed by atoms with Gasteiger partial charge >= 0.3 is 11.8 Å². The highest BCUT2D eigenvalue weighted by Crippen LogP contribution is 2.37. The smallest absolute Gasteiger partial charge is 0.329 e. The van der Waals surface area contributed by atoms with E-state index in [9.17, 15) is 9.59 Å². The number of rotatable bonds is 8. The van der Waals surface area contributed by atoms with Crippen molar-refractivity contribution in [1.82, 2.24) is 5.43 Å². The number of ether oxygens (including phenoxy) is 5. The lowest BCUT2D eigenvalue weighted by molar-refractivity contribution is -0.136. The Kier molecular flexibility index (Phi) is 7.86. The molecule has 0 atom stereocenters. The van der Waals surface area contributed by atoms with E-state index in [1.54, 1.807) is 24.3 Å². The first-order chi connectivity index (χ1) is 14.5. The number of benzene rings is 2. The molecule has 0 radical (unpaired) electrons. The summed E-state index contributed by atoms with van der Waals surface area (Å²) in [6, 6.07) is 8.07. The summed E-state index contributed by atoms with van der Waals surface area (Å²) in [5.41, 5.74) is 2.99. The van der Waals surface area contributed by atoms with Crippen LogP contribution in [-0.4, -0.2) is 53.6 Å². The molecule has 10 heteroatoms. The number of nitrogens with one attached hydrogen (secondary N) is 2. The standard InChI is InChI=1S/C20H23N3O7/c1-26-13-6-7-15(27-2)14(10-13)22-19(24)20(25)23-21-11-12-8-16(28-3)18(30-5)17(9-12)29-4/h6-11H,1-5H3,(H,22,24)(H,23,25)/b21-11+. The van der Waals surface area contributed by atoms with Crippen molar-refractivity contribution < 1.29 is 33.3 Å². The van der Waals surface area contributed by atoms with E-state index >= 15 is 0 Å². The van der Waals surface area contributed by atoms with Crippen LogP contribution in [0.2, 0.25) is 0 Å². The van der Waals surface area contributed by atoms with E-state index in [1.807, 2.05) is 0 Å². The van der Waals surface area contributed by atoms with Crippen molar-refractivity contribution in [2.75, 3.05) is 40.9 Å². The van der Waals surface area contributed by atoms with Crippen LogP contribution < -0.4 is 34.4 Å². The minimum absolute atomic E-state index is 0.283. The maximum Gasteiger partial charge on any atom is 0.329 e. The van der Waals surface area contributed by atoms with Gasteiger partial charge < -0.3 is 29.0 Å². The number of methoxy groups -OCH3 is 5. The fourth-order valence-electron chi connectivity index (χ4n) is 2.48. The van der Waals surface area contributed by atoms with Gasteiger partial charge in [-0.15, -0.1) is 0 Å². The Morgan fingerprint density at radius 1 is 0.800 bits per heavy atom. The summed E-state index contributed by atoms with van der Waals surface area (Å²) < 4.78 is 26.0. The first-order valence-corrected chi connectivity index (χ1v) is 8.63. The van der Waals surface area contributed by atoms with Gasteiger partial charge in [0.1, 0.15) is 11.5 Å². The Morgan fingerprint density at radius 3 is 1.97 bits per heavy atom. The second kappa shape index (κ2) is 10.6. The van der Waals surface area contributed by atoms with Crippen LogP contribution in [0, 0.1) is 0 Å². The lowest BCUT2D eigenvalue weighted by Crippen LogP contribution is -2.32. The first kappa shape index (κ1) is 22.3. The Morgan fingerprint density at radius 2 is 1.43 bits per heavy atom. The van der Waals surface area contributed by atoms with Crippen LogP contribution in [0.1, 0.15) is 5.56 Å². The highest BCUT2D eigenvalue weighted by Gasteiger charge is 2.16. The van der Waals surface area contributed by atoms with E-state index in [-0.39, 0.29) is 5.69 Å². The van der Waals surface area contributed by atoms with Crippen molar-refractivity contribution in [2.24, 2.45) is 5.10 Å². The predicted octanol–water partition coefficient (Wildman–Crippen LogP) is 1.82. The maximum atomic E-state index is 12.2. The molecule has 160 valence electrons. The molecule has 30 heavy (non-hydrogen) atoms. The summed E-state index contributed by atoms with van der Waals surface area (Å²) in [5.74, 6) is 0.241. The average molecular weight is 417 g/mol. The van der Waals surface area contributed by atoms with Gasteiger partial charge in [-0.25, -0.2) is 5.43 Å². The third-order valence-electron chi connectivity index (χ3n) is 3.93. The highest BCUT2D eigenvalue weighted by molar-refractivity contribution is 6.39. The van der Waals surface area contributed by atoms with Gasteiger partial charge in [0.2, 0.25) is 5.75 Å². The van der Waals surface area contributed by atoms with Crippen LogP contribution in [0.4, 0.5) is 5.69 Å². The number of amides is 2. The van der Waals surface area contributed by atoms with Gasteiger partial charge in [-0.2, -0.15) is 5.10 Å². The molecule has 2 aromatic carbocycles. The van der Waals surface area contributed by atoms with Gasteiger partial charge in [-0.1, -0.05) is 0 Å². The fraction of sp³-hybridized carbons (Fsp3) is 0.250. The second-order valence-electron chi connectivity index (χ2n) is 5.68. The van der Waals surface area contributed by atoms with E-state index in [0.29, 0.717) is 34.3 Å². The number of carbonyl (C=O) groups excluding carboxylic acids is 2. The van der Waals surface area contributed by atoms with E-state index < -0.39 is 11.8 Å². The molecule has 0 aliphatic rings. The molecular weight excluding hydrogens is 394 g/mol. The Balaban J connectivity index is 2.08. The van der Waals surface area contributed by atoms with Crippen molar-refractivity contribution in [1.29, 1.82) is 0 Å². The summed E-state index contributed by atoms with van der Waals surface area (Å²) in [5, 5.41) is 6.24. The zero-order valence-electron chi connectivity index (χ0n) is 17.3. The van der Waals surface area contributed by atoms with Gasteiger partial charge in [0.25, 0.3) is 0 Å². The van der Waals surface area contributed by atoms with Crippen molar-refractivity contribution >= 4 is 23.7 Å². The molecule has 0 aromatic heterocycles. The quantitative estimate of drug-likeness (QED) is 0.382. The number of hydrogen-bond donors (Lipinski definition) is 2. The van der Waals surface area contributed by atoms with Gasteiger partial charge in [-0.3, -0.25) is 9.59 Å². The number of hydrogen-bond acceptors (Lipinski definition) is 8. The number of hydrazone groups is 1. The van der Waals surface area contributed by atoms with Crippen molar-refractivity contribution in [2.45, 2.75) is 0 Å². The normalized spacial score (nSPS) is 10.3. The SMILES string of the molecule is COc1ccc(OC)c(NC(=O)C(=O)N/N=C/c2cc(OC)c(OC)c(OC)c2)c1. The highest BCUT2D eigenvalue weighted by atomic mass is 16.5. The summed E-state index contributed by atoms with van der Waals surface area (Å²) in [7, 11) is 7.38. The number of anilines is 1. The van der Waals surface area contributed by atoms with Crippen LogP contribution in [0.3, 0.4) is 0 Å². The van der Waals surface area contributed by atoms with Gasteiger partial charge in [0.15, 0.2) is 11.5 Å². The molecule has 2 aromatic rings. The van der Waals surface area contributed by atoms with E-state index in [0.717, 1.165) is 0 Å². The third kappa shape index (κ3) is 5.31. The van der Waals surface area contributed by atoms with E-state index in [2.05, 4.69) is 15.8 Å². The molecule has 2 amide bonds. The Hall–Kier alpha value is -3.95. The monoisotopic (exact) mass is 417 g/mol. The van der Waals surface area contributed by atoms with Crippen LogP contribution >= 0.6 is 0 Å². The molecule has 0 aliphatic heterocycles. The molecule has 0 unspecified atom stereocenters. The maximum absolute atomic E-state index is 12.2. The minimum Gasteiger partial charge on any atom is -0.497 e. The molecule has 0 saturated carbocycles. The van der Waals surface area contributed by atoms with Crippen molar-refractivity contribution in [3.8, 4) is 28.7 Å². The Labute approximate surface area is 173 Å². The topological polar surface area (TPSA) is 117 Å². The van der Waals surface area contributed by atoms with Crippen molar-refractivity contribution in [3.63, 3.8) is 0 Å². The molecule has 2 N–H and O–H groups in total. The zero-order chi connectivity index (χ0) is 22.1. The second-order valence-corrected chi connectivity index (χ2v) is 5.68. The molecule has 10 nitrogen and oxygen atoms in total. The van der Waals surface area contributed by atoms with Gasteiger partial charge in [-0.05, 0) is 24.3 Å². The van der Waals surface area contributed by atoms with Crippen molar-refractivity contribution in [3.05, 3.63) is 35.9 Å². The molecule has 0 saturated heterocycles. The summed E-state index contributed by atoms with van der Waals surface area (Å²) in [6.45, 7) is 0. The van der Waals surface area contributed by atoms with E-state index in [1.165, 1.54) is 47.8 Å². The molecule has 0 bridgehead atoms. The zero-order valence-corrected chi connectivity index (χ0v) is 17.3. The lowest BCUT2D eigenvalue weighted by Gasteiger charge is -2.12. The predicted molar refractivity (Wildman–Crippen MR) is 110 cm³/mol. The Bertz CT molecular complexity index is 919. The molecule has 0 heterocycles. The molecule has 0 spiro atoms. The summed E-state index contributed by atoms with van der Waals surface area (Å²) in [4.78, 5) is 24.2. The number of nitrogens with zero attached hydrogens (tertiary/aromatic N) is 1. The molecule has 0 aliphatic carbocycles. The van der Waals surface area contributed by atoms with Crippen LogP contribution in [0.5, 0.6) is 28.7 Å². The third-order valence-corrected chi connectivity index (χ3v) is 3.93. The molecule has 0 fully saturated rings. The molecule has 2 rings (SSSR count). The van der Waals surface area contributed by atoms with Crippen LogP contribution in [-0.2, 0) is 9.59 Å². The summed E-state index contributed by atoms with van der Waals surface area (Å²) >= 11 is 0. The fourth-order valence-corrected chi connectivity index (χ4v) is 2.48. The first-order valence-electron chi connectivity index (χ1n) is 8.63.